The molecule has 1 N–H and O–H groups in total. The molecule has 0 saturated heterocycles. The van der Waals surface area contributed by atoms with Gasteiger partial charge < -0.3 is 9.62 Å². The molecule has 0 heterocycles. The number of para-hydroxylation sites is 1. The zero-order valence-corrected chi connectivity index (χ0v) is 16.9. The van der Waals surface area contributed by atoms with Crippen LogP contribution in [0.4, 0.5) is 5.69 Å². The molecule has 28 heavy (non-hydrogen) atoms. The van der Waals surface area contributed by atoms with Crippen LogP contribution in [0, 0.1) is 6.92 Å². The first kappa shape index (κ1) is 19.8. The molecule has 0 spiro atoms. The number of rotatable bonds is 7. The Morgan fingerprint density at radius 1 is 0.929 bits per heavy atom. The van der Waals surface area contributed by atoms with Crippen molar-refractivity contribution in [1.82, 2.24) is 4.90 Å². The fourth-order valence-corrected chi connectivity index (χ4v) is 3.71. The summed E-state index contributed by atoms with van der Waals surface area (Å²) >= 11 is 0. The second-order valence-corrected chi connectivity index (χ2v) is 7.90. The number of aryl methyl sites for hydroxylation is 1. The van der Waals surface area contributed by atoms with E-state index in [-0.39, 0.29) is 5.91 Å². The second-order valence-electron chi connectivity index (χ2n) is 6.69. The van der Waals surface area contributed by atoms with E-state index >= 15 is 0 Å². The van der Waals surface area contributed by atoms with Gasteiger partial charge in [-0.2, -0.15) is 0 Å². The van der Waals surface area contributed by atoms with Crippen LogP contribution in [0.25, 0.3) is 0 Å². The van der Waals surface area contributed by atoms with E-state index in [1.807, 2.05) is 61.5 Å². The molecule has 0 aliphatic rings. The van der Waals surface area contributed by atoms with Crippen molar-refractivity contribution in [1.29, 1.82) is 0 Å². The van der Waals surface area contributed by atoms with Crippen LogP contribution in [-0.4, -0.2) is 28.6 Å². The molecule has 0 radical (unpaired) electrons. The van der Waals surface area contributed by atoms with E-state index in [1.165, 1.54) is 5.56 Å². The molecule has 3 aromatic rings. The van der Waals surface area contributed by atoms with Crippen LogP contribution in [0.15, 0.2) is 83.8 Å². The van der Waals surface area contributed by atoms with Gasteiger partial charge in [-0.3, -0.25) is 4.79 Å². The van der Waals surface area contributed by atoms with Gasteiger partial charge >= 0.3 is 0 Å². The van der Waals surface area contributed by atoms with E-state index in [0.717, 1.165) is 12.0 Å². The molecule has 0 aliphatic carbocycles. The van der Waals surface area contributed by atoms with Crippen molar-refractivity contribution in [3.8, 4) is 0 Å². The Hall–Kier alpha value is -2.92. The van der Waals surface area contributed by atoms with Crippen LogP contribution >= 0.6 is 0 Å². The van der Waals surface area contributed by atoms with E-state index < -0.39 is 11.0 Å². The molecule has 3 rings (SSSR count). The zero-order chi connectivity index (χ0) is 19.9. The van der Waals surface area contributed by atoms with Gasteiger partial charge in [-0.05, 0) is 43.2 Å². The van der Waals surface area contributed by atoms with Crippen molar-refractivity contribution >= 4 is 22.6 Å². The smallest absolute Gasteiger partial charge is 0.255 e. The maximum absolute atomic E-state index is 12.9. The van der Waals surface area contributed by atoms with Gasteiger partial charge in [0.1, 0.15) is 11.0 Å². The zero-order valence-electron chi connectivity index (χ0n) is 16.1. The summed E-state index contributed by atoms with van der Waals surface area (Å²) in [6, 6.07) is 24.8. The maximum atomic E-state index is 12.9. The number of hydrogen-bond donors (Lipinski definition) is 1. The number of carbonyl (C=O) groups is 1. The van der Waals surface area contributed by atoms with Crippen molar-refractivity contribution in [3.05, 3.63) is 95.6 Å². The van der Waals surface area contributed by atoms with Gasteiger partial charge in [-0.1, -0.05) is 60.2 Å². The Balaban J connectivity index is 1.70. The van der Waals surface area contributed by atoms with Crippen LogP contribution in [0.1, 0.15) is 21.5 Å². The minimum atomic E-state index is -1.44. The number of benzene rings is 3. The Bertz CT molecular complexity index is 956. The van der Waals surface area contributed by atoms with Crippen LogP contribution in [0.2, 0.25) is 0 Å². The van der Waals surface area contributed by atoms with Crippen LogP contribution in [0.5, 0.6) is 0 Å². The van der Waals surface area contributed by atoms with E-state index in [4.69, 9.17) is 0 Å². The molecule has 1 atom stereocenters. The van der Waals surface area contributed by atoms with Crippen LogP contribution in [0.3, 0.4) is 0 Å². The minimum absolute atomic E-state index is 0.0973. The molecule has 5 heteroatoms. The number of anilines is 1. The summed E-state index contributed by atoms with van der Waals surface area (Å²) in [6.45, 7) is 2.59. The van der Waals surface area contributed by atoms with Crippen molar-refractivity contribution in [2.75, 3.05) is 18.3 Å². The lowest BCUT2D eigenvalue weighted by molar-refractivity contribution is 0.0797. The van der Waals surface area contributed by atoms with E-state index in [9.17, 15) is 9.00 Å². The summed E-state index contributed by atoms with van der Waals surface area (Å²) in [5.41, 5.74) is 3.38. The van der Waals surface area contributed by atoms with Gasteiger partial charge in [0.2, 0.25) is 0 Å². The minimum Gasteiger partial charge on any atom is -0.341 e. The summed E-state index contributed by atoms with van der Waals surface area (Å²) in [5.74, 6) is -0.0973. The normalized spacial score (nSPS) is 11.6. The molecule has 0 saturated carbocycles. The summed E-state index contributed by atoms with van der Waals surface area (Å²) in [6.07, 6.45) is 0.786. The monoisotopic (exact) mass is 392 g/mol. The largest absolute Gasteiger partial charge is 0.341 e. The van der Waals surface area contributed by atoms with E-state index in [0.29, 0.717) is 22.7 Å². The predicted molar refractivity (Wildman–Crippen MR) is 115 cm³/mol. The molecule has 4 nitrogen and oxygen atoms in total. The van der Waals surface area contributed by atoms with Crippen LogP contribution in [-0.2, 0) is 17.4 Å². The Kier molecular flexibility index (Phi) is 6.61. The third-order valence-electron chi connectivity index (χ3n) is 4.52. The highest BCUT2D eigenvalue weighted by Gasteiger charge is 2.17. The lowest BCUT2D eigenvalue weighted by atomic mass is 10.1. The number of nitrogens with one attached hydrogen (secondary N) is 1. The molecular weight excluding hydrogens is 368 g/mol. The first-order chi connectivity index (χ1) is 13.5. The number of nitrogens with zero attached hydrogens (tertiary/aromatic N) is 1. The molecule has 0 aliphatic heterocycles. The molecule has 1 unspecified atom stereocenters. The number of amides is 1. The van der Waals surface area contributed by atoms with Gasteiger partial charge in [0, 0.05) is 13.6 Å². The third kappa shape index (κ3) is 5.08. The Labute approximate surface area is 168 Å². The van der Waals surface area contributed by atoms with Gasteiger partial charge in [-0.15, -0.1) is 0 Å². The maximum Gasteiger partial charge on any atom is 0.255 e. The van der Waals surface area contributed by atoms with Gasteiger partial charge in [0.25, 0.3) is 5.91 Å². The summed E-state index contributed by atoms with van der Waals surface area (Å²) in [7, 11) is 0.354. The van der Waals surface area contributed by atoms with Crippen molar-refractivity contribution in [3.63, 3.8) is 0 Å². The third-order valence-corrected chi connectivity index (χ3v) is 5.63. The van der Waals surface area contributed by atoms with E-state index in [1.54, 1.807) is 24.1 Å². The fraction of sp³-hybridized carbons (Fsp3) is 0.174. The quantitative estimate of drug-likeness (QED) is 0.646. The molecule has 0 aromatic heterocycles. The standard InChI is InChI=1S/C23H24N2O2S/c1-18-12-14-20(15-13-18)28(27)24-22-11-7-6-10-21(22)23(26)25(2)17-16-19-8-4-3-5-9-19/h3-15,24H,16-17H2,1-2H3. The second kappa shape index (κ2) is 9.33. The topological polar surface area (TPSA) is 49.4 Å². The molecule has 144 valence electrons. The Morgan fingerprint density at radius 3 is 2.29 bits per heavy atom. The molecule has 0 fully saturated rings. The summed E-state index contributed by atoms with van der Waals surface area (Å²) in [5, 5.41) is 0. The van der Waals surface area contributed by atoms with E-state index in [2.05, 4.69) is 16.9 Å². The van der Waals surface area contributed by atoms with Gasteiger partial charge in [0.05, 0.1) is 16.1 Å². The number of hydrogen-bond acceptors (Lipinski definition) is 2. The lowest BCUT2D eigenvalue weighted by Crippen LogP contribution is -2.29. The lowest BCUT2D eigenvalue weighted by Gasteiger charge is -2.19. The first-order valence-corrected chi connectivity index (χ1v) is 10.3. The number of carbonyl (C=O) groups excluding carboxylic acids is 1. The van der Waals surface area contributed by atoms with Gasteiger partial charge in [0.15, 0.2) is 0 Å². The molecule has 0 bridgehead atoms. The Morgan fingerprint density at radius 2 is 1.57 bits per heavy atom. The SMILES string of the molecule is Cc1ccc(S(=O)Nc2ccccc2C(=O)N(C)CCc2ccccc2)cc1. The average molecular weight is 393 g/mol. The highest BCUT2D eigenvalue weighted by molar-refractivity contribution is 7.86. The number of likely N-dealkylation sites (N-methyl/N-ethyl adjacent to an activating group) is 1. The van der Waals surface area contributed by atoms with Crippen molar-refractivity contribution in [2.45, 2.75) is 18.2 Å². The van der Waals surface area contributed by atoms with Gasteiger partial charge in [-0.25, -0.2) is 4.21 Å². The summed E-state index contributed by atoms with van der Waals surface area (Å²) < 4.78 is 15.6. The predicted octanol–water partition coefficient (Wildman–Crippen LogP) is 4.44. The summed E-state index contributed by atoms with van der Waals surface area (Å²) in [4.78, 5) is 15.3. The highest BCUT2D eigenvalue weighted by atomic mass is 32.2. The van der Waals surface area contributed by atoms with Crippen molar-refractivity contribution < 1.29 is 9.00 Å². The fourth-order valence-electron chi connectivity index (χ4n) is 2.83. The first-order valence-electron chi connectivity index (χ1n) is 9.18. The molecular formula is C23H24N2O2S. The average Bonchev–Trinajstić information content (AvgIpc) is 2.73. The molecule has 3 aromatic carbocycles. The molecule has 1 amide bonds. The van der Waals surface area contributed by atoms with Crippen LogP contribution < -0.4 is 4.72 Å². The van der Waals surface area contributed by atoms with Crippen molar-refractivity contribution in [2.24, 2.45) is 0 Å². The highest BCUT2D eigenvalue weighted by Crippen LogP contribution is 2.20.